The fourth-order valence-electron chi connectivity index (χ4n) is 1.92. The Morgan fingerprint density at radius 3 is 2.38 bits per heavy atom. The van der Waals surface area contributed by atoms with E-state index in [0.717, 1.165) is 5.56 Å². The molecule has 130 valence electrons. The van der Waals surface area contributed by atoms with Gasteiger partial charge in [0.2, 0.25) is 0 Å². The zero-order valence-electron chi connectivity index (χ0n) is 14.6. The molecule has 0 unspecified atom stereocenters. The van der Waals surface area contributed by atoms with Crippen LogP contribution >= 0.6 is 0 Å². The normalized spacial score (nSPS) is 11.7. The van der Waals surface area contributed by atoms with Crippen molar-refractivity contribution in [2.24, 2.45) is 0 Å². The molecule has 1 atom stereocenters. The first-order chi connectivity index (χ1) is 11.3. The Bertz CT molecular complexity index is 590. The van der Waals surface area contributed by atoms with Crippen molar-refractivity contribution in [2.75, 3.05) is 13.6 Å². The lowest BCUT2D eigenvalue weighted by Crippen LogP contribution is -2.37. The highest BCUT2D eigenvalue weighted by atomic mass is 16.5. The molecule has 1 aromatic rings. The fraction of sp³-hybridized carbons (Fsp3) is 0.500. The molecule has 6 heteroatoms. The molecule has 0 aliphatic carbocycles. The number of likely N-dealkylation sites (N-methyl/N-ethyl adjacent to an activating group) is 1. The van der Waals surface area contributed by atoms with E-state index in [0.29, 0.717) is 18.7 Å². The average Bonchev–Trinajstić information content (AvgIpc) is 2.57. The first-order valence-corrected chi connectivity index (χ1v) is 7.88. The molecule has 0 N–H and O–H groups in total. The molecule has 0 spiro atoms. The van der Waals surface area contributed by atoms with Gasteiger partial charge >= 0.3 is 5.97 Å². The van der Waals surface area contributed by atoms with Crippen molar-refractivity contribution in [1.82, 2.24) is 4.90 Å². The Kier molecular flexibility index (Phi) is 7.93. The van der Waals surface area contributed by atoms with Crippen LogP contribution in [-0.2, 0) is 20.9 Å². The second-order valence-electron chi connectivity index (χ2n) is 5.77. The van der Waals surface area contributed by atoms with E-state index in [1.807, 2.05) is 19.9 Å². The summed E-state index contributed by atoms with van der Waals surface area (Å²) in [6.07, 6.45) is -0.521. The Morgan fingerprint density at radius 1 is 1.21 bits per heavy atom. The number of carbonyl (C=O) groups is 2. The summed E-state index contributed by atoms with van der Waals surface area (Å²) >= 11 is 0. The van der Waals surface area contributed by atoms with Gasteiger partial charge in [0.15, 0.2) is 6.10 Å². The van der Waals surface area contributed by atoms with Gasteiger partial charge in [-0.05, 0) is 38.5 Å². The Labute approximate surface area is 143 Å². The van der Waals surface area contributed by atoms with E-state index < -0.39 is 12.1 Å². The van der Waals surface area contributed by atoms with E-state index in [1.165, 1.54) is 11.8 Å². The van der Waals surface area contributed by atoms with Crippen LogP contribution in [0.2, 0.25) is 0 Å². The van der Waals surface area contributed by atoms with Crippen molar-refractivity contribution in [2.45, 2.75) is 46.0 Å². The largest absolute Gasteiger partial charge is 0.449 e. The van der Waals surface area contributed by atoms with Crippen LogP contribution in [0.4, 0.5) is 0 Å². The summed E-state index contributed by atoms with van der Waals surface area (Å²) in [5, 5.41) is 8.54. The van der Waals surface area contributed by atoms with Gasteiger partial charge in [0.05, 0.1) is 30.8 Å². The SMILES string of the molecule is CC(C)OCc1ccc(C(=O)O[C@@H](C)C(=O)N(C)CCC#N)cc1. The molecule has 0 fully saturated rings. The highest BCUT2D eigenvalue weighted by Crippen LogP contribution is 2.10. The molecular formula is C18H24N2O4. The lowest BCUT2D eigenvalue weighted by Gasteiger charge is -2.20. The number of esters is 1. The van der Waals surface area contributed by atoms with Crippen LogP contribution in [0.25, 0.3) is 0 Å². The summed E-state index contributed by atoms with van der Waals surface area (Å²) in [7, 11) is 1.58. The van der Waals surface area contributed by atoms with Crippen LogP contribution in [0, 0.1) is 11.3 Å². The second-order valence-corrected chi connectivity index (χ2v) is 5.77. The van der Waals surface area contributed by atoms with E-state index >= 15 is 0 Å². The first-order valence-electron chi connectivity index (χ1n) is 7.88. The van der Waals surface area contributed by atoms with Crippen molar-refractivity contribution in [3.05, 3.63) is 35.4 Å². The van der Waals surface area contributed by atoms with Gasteiger partial charge in [-0.15, -0.1) is 0 Å². The predicted molar refractivity (Wildman–Crippen MR) is 89.1 cm³/mol. The summed E-state index contributed by atoms with van der Waals surface area (Å²) < 4.78 is 10.7. The number of amides is 1. The fourth-order valence-corrected chi connectivity index (χ4v) is 1.92. The van der Waals surface area contributed by atoms with Crippen LogP contribution in [0.15, 0.2) is 24.3 Å². The standard InChI is InChI=1S/C18H24N2O4/c1-13(2)23-12-15-6-8-16(9-7-15)18(22)24-14(3)17(21)20(4)11-5-10-19/h6-9,13-14H,5,11-12H2,1-4H3/t14-/m0/s1. The van der Waals surface area contributed by atoms with Crippen molar-refractivity contribution >= 4 is 11.9 Å². The lowest BCUT2D eigenvalue weighted by atomic mass is 10.1. The summed E-state index contributed by atoms with van der Waals surface area (Å²) in [5.41, 5.74) is 1.34. The second kappa shape index (κ2) is 9.68. The molecule has 1 rings (SSSR count). The molecule has 24 heavy (non-hydrogen) atoms. The zero-order chi connectivity index (χ0) is 18.1. The Balaban J connectivity index is 2.57. The number of nitrogens with zero attached hydrogens (tertiary/aromatic N) is 2. The molecule has 1 aromatic carbocycles. The summed E-state index contributed by atoms with van der Waals surface area (Å²) in [6, 6.07) is 8.86. The molecule has 0 saturated carbocycles. The van der Waals surface area contributed by atoms with Gasteiger partial charge in [0, 0.05) is 13.6 Å². The summed E-state index contributed by atoms with van der Waals surface area (Å²) in [4.78, 5) is 25.5. The van der Waals surface area contributed by atoms with E-state index in [1.54, 1.807) is 31.3 Å². The lowest BCUT2D eigenvalue weighted by molar-refractivity contribution is -0.138. The van der Waals surface area contributed by atoms with Crippen molar-refractivity contribution < 1.29 is 19.1 Å². The third kappa shape index (κ3) is 6.39. The minimum atomic E-state index is -0.898. The van der Waals surface area contributed by atoms with Gasteiger partial charge in [0.1, 0.15) is 0 Å². The highest BCUT2D eigenvalue weighted by molar-refractivity contribution is 5.92. The maximum absolute atomic E-state index is 12.1. The summed E-state index contributed by atoms with van der Waals surface area (Å²) in [6.45, 7) is 6.22. The molecule has 0 bridgehead atoms. The zero-order valence-corrected chi connectivity index (χ0v) is 14.6. The number of ether oxygens (including phenoxy) is 2. The van der Waals surface area contributed by atoms with Gasteiger partial charge in [-0.3, -0.25) is 4.79 Å². The average molecular weight is 332 g/mol. The van der Waals surface area contributed by atoms with Crippen LogP contribution < -0.4 is 0 Å². The minimum Gasteiger partial charge on any atom is -0.449 e. The van der Waals surface area contributed by atoms with Gasteiger partial charge in [-0.2, -0.15) is 5.26 Å². The smallest absolute Gasteiger partial charge is 0.338 e. The quantitative estimate of drug-likeness (QED) is 0.683. The Hall–Kier alpha value is -2.39. The number of rotatable bonds is 8. The van der Waals surface area contributed by atoms with E-state index in [4.69, 9.17) is 14.7 Å². The van der Waals surface area contributed by atoms with Crippen LogP contribution in [0.5, 0.6) is 0 Å². The van der Waals surface area contributed by atoms with Crippen molar-refractivity contribution in [1.29, 1.82) is 5.26 Å². The number of benzene rings is 1. The topological polar surface area (TPSA) is 79.6 Å². The van der Waals surface area contributed by atoms with Crippen LogP contribution in [0.1, 0.15) is 43.1 Å². The van der Waals surface area contributed by atoms with Crippen molar-refractivity contribution in [3.8, 4) is 6.07 Å². The van der Waals surface area contributed by atoms with Gasteiger partial charge in [0.25, 0.3) is 5.91 Å². The van der Waals surface area contributed by atoms with Gasteiger partial charge in [-0.1, -0.05) is 12.1 Å². The van der Waals surface area contributed by atoms with E-state index in [2.05, 4.69) is 0 Å². The number of hydrogen-bond donors (Lipinski definition) is 0. The summed E-state index contributed by atoms with van der Waals surface area (Å²) in [5.74, 6) is -0.888. The maximum atomic E-state index is 12.1. The molecule has 0 aliphatic heterocycles. The van der Waals surface area contributed by atoms with Crippen LogP contribution in [-0.4, -0.2) is 42.6 Å². The number of carbonyl (C=O) groups excluding carboxylic acids is 2. The van der Waals surface area contributed by atoms with Gasteiger partial charge in [-0.25, -0.2) is 4.79 Å². The van der Waals surface area contributed by atoms with E-state index in [9.17, 15) is 9.59 Å². The number of hydrogen-bond acceptors (Lipinski definition) is 5. The third-order valence-electron chi connectivity index (χ3n) is 3.34. The third-order valence-corrected chi connectivity index (χ3v) is 3.34. The highest BCUT2D eigenvalue weighted by Gasteiger charge is 2.21. The molecule has 6 nitrogen and oxygen atoms in total. The molecule has 0 aromatic heterocycles. The molecule has 1 amide bonds. The monoisotopic (exact) mass is 332 g/mol. The molecule has 0 aliphatic rings. The predicted octanol–water partition coefficient (Wildman–Crippen LogP) is 2.53. The first kappa shape index (κ1) is 19.7. The maximum Gasteiger partial charge on any atom is 0.338 e. The molecule has 0 radical (unpaired) electrons. The van der Waals surface area contributed by atoms with E-state index in [-0.39, 0.29) is 18.4 Å². The Morgan fingerprint density at radius 2 is 1.83 bits per heavy atom. The van der Waals surface area contributed by atoms with Gasteiger partial charge < -0.3 is 14.4 Å². The van der Waals surface area contributed by atoms with Crippen LogP contribution in [0.3, 0.4) is 0 Å². The molecule has 0 heterocycles. The van der Waals surface area contributed by atoms with Crippen molar-refractivity contribution in [3.63, 3.8) is 0 Å². The molecular weight excluding hydrogens is 308 g/mol. The molecule has 0 saturated heterocycles. The number of nitriles is 1. The minimum absolute atomic E-state index is 0.138.